The third-order valence-corrected chi connectivity index (χ3v) is 4.74. The van der Waals surface area contributed by atoms with Gasteiger partial charge in [0.1, 0.15) is 24.5 Å². The van der Waals surface area contributed by atoms with Crippen LogP contribution in [0.3, 0.4) is 0 Å². The zero-order valence-corrected chi connectivity index (χ0v) is 17.3. The van der Waals surface area contributed by atoms with Crippen molar-refractivity contribution in [3.05, 3.63) is 104 Å². The summed E-state index contributed by atoms with van der Waals surface area (Å²) < 4.78 is 17.3. The average Bonchev–Trinajstić information content (AvgIpc) is 2.78. The Morgan fingerprint density at radius 2 is 1.84 bits per heavy atom. The van der Waals surface area contributed by atoms with Gasteiger partial charge in [-0.2, -0.15) is 5.10 Å². The smallest absolute Gasteiger partial charge is 0.359 e. The summed E-state index contributed by atoms with van der Waals surface area (Å²) in [5.74, 6) is -0.0397. The van der Waals surface area contributed by atoms with E-state index in [0.29, 0.717) is 22.3 Å². The van der Waals surface area contributed by atoms with E-state index in [-0.39, 0.29) is 31.0 Å². The number of para-hydroxylation sites is 1. The zero-order chi connectivity index (χ0) is 22.5. The SMILES string of the molecule is Cc1ccc2c(COC(=O)c3ccc(=O)n(CCOc4ccccc4)n3)cc(=O)oc2c1. The highest BCUT2D eigenvalue weighted by molar-refractivity contribution is 5.87. The van der Waals surface area contributed by atoms with Gasteiger partial charge in [-0.15, -0.1) is 0 Å². The number of nitrogens with zero attached hydrogens (tertiary/aromatic N) is 2. The molecule has 8 nitrogen and oxygen atoms in total. The molecular weight excluding hydrogens is 412 g/mol. The molecule has 0 aliphatic heterocycles. The van der Waals surface area contributed by atoms with Gasteiger partial charge in [-0.3, -0.25) is 4.79 Å². The van der Waals surface area contributed by atoms with Crippen molar-refractivity contribution in [1.29, 1.82) is 0 Å². The molecule has 0 N–H and O–H groups in total. The van der Waals surface area contributed by atoms with E-state index in [9.17, 15) is 14.4 Å². The first kappa shape index (κ1) is 21.0. The van der Waals surface area contributed by atoms with Crippen LogP contribution in [0, 0.1) is 6.92 Å². The fourth-order valence-corrected chi connectivity index (χ4v) is 3.16. The largest absolute Gasteiger partial charge is 0.492 e. The van der Waals surface area contributed by atoms with E-state index >= 15 is 0 Å². The number of aryl methyl sites for hydroxylation is 1. The normalized spacial score (nSPS) is 10.8. The first-order valence-electron chi connectivity index (χ1n) is 9.96. The van der Waals surface area contributed by atoms with Crippen LogP contribution in [0.2, 0.25) is 0 Å². The van der Waals surface area contributed by atoms with Crippen molar-refractivity contribution in [3.8, 4) is 5.75 Å². The van der Waals surface area contributed by atoms with Crippen LogP contribution in [0.4, 0.5) is 0 Å². The maximum atomic E-state index is 12.5. The van der Waals surface area contributed by atoms with Crippen LogP contribution in [0.25, 0.3) is 11.0 Å². The first-order chi connectivity index (χ1) is 15.5. The number of aromatic nitrogens is 2. The number of rotatable bonds is 7. The second kappa shape index (κ2) is 9.30. The summed E-state index contributed by atoms with van der Waals surface area (Å²) >= 11 is 0. The van der Waals surface area contributed by atoms with Gasteiger partial charge < -0.3 is 13.9 Å². The second-order valence-electron chi connectivity index (χ2n) is 7.11. The topological polar surface area (TPSA) is 101 Å². The number of esters is 1. The molecule has 32 heavy (non-hydrogen) atoms. The summed E-state index contributed by atoms with van der Waals surface area (Å²) in [7, 11) is 0. The number of hydrogen-bond acceptors (Lipinski definition) is 7. The van der Waals surface area contributed by atoms with Crippen LogP contribution in [0.5, 0.6) is 5.75 Å². The summed E-state index contributed by atoms with van der Waals surface area (Å²) in [6.45, 7) is 2.12. The molecule has 2 heterocycles. The third kappa shape index (κ3) is 4.92. The van der Waals surface area contributed by atoms with Gasteiger partial charge in [0.25, 0.3) is 5.56 Å². The Hall–Kier alpha value is -4.20. The number of fused-ring (bicyclic) bond motifs is 1. The Labute approximate surface area is 182 Å². The molecule has 0 saturated carbocycles. The molecule has 0 spiro atoms. The van der Waals surface area contributed by atoms with Gasteiger partial charge in [0.2, 0.25) is 0 Å². The van der Waals surface area contributed by atoms with E-state index < -0.39 is 11.6 Å². The molecule has 0 unspecified atom stereocenters. The minimum Gasteiger partial charge on any atom is -0.492 e. The van der Waals surface area contributed by atoms with E-state index in [0.717, 1.165) is 10.2 Å². The number of carbonyl (C=O) groups is 1. The Morgan fingerprint density at radius 1 is 1.03 bits per heavy atom. The fourth-order valence-electron chi connectivity index (χ4n) is 3.16. The second-order valence-corrected chi connectivity index (χ2v) is 7.11. The fraction of sp³-hybridized carbons (Fsp3) is 0.167. The van der Waals surface area contributed by atoms with Crippen LogP contribution >= 0.6 is 0 Å². The molecule has 8 heteroatoms. The van der Waals surface area contributed by atoms with Gasteiger partial charge in [0.15, 0.2) is 5.69 Å². The maximum Gasteiger partial charge on any atom is 0.359 e. The molecule has 0 aliphatic rings. The van der Waals surface area contributed by atoms with Crippen LogP contribution in [-0.4, -0.2) is 22.4 Å². The molecular formula is C24H20N2O6. The van der Waals surface area contributed by atoms with E-state index in [1.54, 1.807) is 18.2 Å². The maximum absolute atomic E-state index is 12.5. The van der Waals surface area contributed by atoms with Crippen LogP contribution < -0.4 is 15.9 Å². The molecule has 2 aromatic carbocycles. The van der Waals surface area contributed by atoms with Crippen molar-refractivity contribution in [2.75, 3.05) is 6.61 Å². The first-order valence-corrected chi connectivity index (χ1v) is 9.96. The third-order valence-electron chi connectivity index (χ3n) is 4.74. The van der Waals surface area contributed by atoms with E-state index in [4.69, 9.17) is 13.9 Å². The van der Waals surface area contributed by atoms with Gasteiger partial charge in [0.05, 0.1) is 6.54 Å². The lowest BCUT2D eigenvalue weighted by molar-refractivity contribution is 0.0463. The van der Waals surface area contributed by atoms with Gasteiger partial charge >= 0.3 is 11.6 Å². The van der Waals surface area contributed by atoms with Gasteiger partial charge in [-0.1, -0.05) is 30.3 Å². The summed E-state index contributed by atoms with van der Waals surface area (Å²) in [6.07, 6.45) is 0. The van der Waals surface area contributed by atoms with Crippen molar-refractivity contribution in [1.82, 2.24) is 9.78 Å². The Bertz CT molecular complexity index is 1370. The monoisotopic (exact) mass is 432 g/mol. The van der Waals surface area contributed by atoms with Gasteiger partial charge in [-0.05, 0) is 36.8 Å². The Balaban J connectivity index is 1.45. The Morgan fingerprint density at radius 3 is 2.66 bits per heavy atom. The summed E-state index contributed by atoms with van der Waals surface area (Å²) in [5, 5.41) is 4.76. The zero-order valence-electron chi connectivity index (χ0n) is 17.3. The molecule has 0 radical (unpaired) electrons. The molecule has 2 aromatic heterocycles. The van der Waals surface area contributed by atoms with Crippen molar-refractivity contribution in [2.24, 2.45) is 0 Å². The molecule has 4 rings (SSSR count). The highest BCUT2D eigenvalue weighted by Gasteiger charge is 2.14. The quantitative estimate of drug-likeness (QED) is 0.327. The lowest BCUT2D eigenvalue weighted by Gasteiger charge is -2.10. The Kier molecular flexibility index (Phi) is 6.12. The lowest BCUT2D eigenvalue weighted by atomic mass is 10.1. The number of carbonyl (C=O) groups excluding carboxylic acids is 1. The van der Waals surface area contributed by atoms with Crippen molar-refractivity contribution < 1.29 is 18.7 Å². The van der Waals surface area contributed by atoms with Crippen LogP contribution in [0.1, 0.15) is 21.6 Å². The molecule has 0 fully saturated rings. The molecule has 0 bridgehead atoms. The molecule has 0 atom stereocenters. The summed E-state index contributed by atoms with van der Waals surface area (Å²) in [5.41, 5.74) is 0.979. The van der Waals surface area contributed by atoms with Crippen molar-refractivity contribution in [2.45, 2.75) is 20.1 Å². The van der Waals surface area contributed by atoms with E-state index in [1.807, 2.05) is 37.3 Å². The predicted molar refractivity (Wildman–Crippen MR) is 117 cm³/mol. The molecule has 0 amide bonds. The minimum absolute atomic E-state index is 0.0209. The molecule has 4 aromatic rings. The molecule has 0 saturated heterocycles. The standard InChI is InChI=1S/C24H20N2O6/c1-16-7-8-19-17(14-23(28)32-21(19)13-16)15-31-24(29)20-9-10-22(27)26(25-20)11-12-30-18-5-3-2-4-6-18/h2-10,13-14H,11-12,15H2,1H3. The van der Waals surface area contributed by atoms with E-state index in [1.165, 1.54) is 18.2 Å². The summed E-state index contributed by atoms with van der Waals surface area (Å²) in [6, 6.07) is 18.5. The highest BCUT2D eigenvalue weighted by Crippen LogP contribution is 2.19. The summed E-state index contributed by atoms with van der Waals surface area (Å²) in [4.78, 5) is 36.4. The van der Waals surface area contributed by atoms with Gasteiger partial charge in [0, 0.05) is 23.1 Å². The van der Waals surface area contributed by atoms with Crippen LogP contribution in [0.15, 0.2) is 80.7 Å². The van der Waals surface area contributed by atoms with Gasteiger partial charge in [-0.25, -0.2) is 14.3 Å². The molecule has 0 aliphatic carbocycles. The van der Waals surface area contributed by atoms with Crippen molar-refractivity contribution >= 4 is 16.9 Å². The van der Waals surface area contributed by atoms with Crippen molar-refractivity contribution in [3.63, 3.8) is 0 Å². The number of benzene rings is 2. The lowest BCUT2D eigenvalue weighted by Crippen LogP contribution is -2.27. The average molecular weight is 432 g/mol. The highest BCUT2D eigenvalue weighted by atomic mass is 16.5. The predicted octanol–water partition coefficient (Wildman–Crippen LogP) is 3.09. The molecule has 162 valence electrons. The van der Waals surface area contributed by atoms with Crippen LogP contribution in [-0.2, 0) is 17.9 Å². The number of hydrogen-bond donors (Lipinski definition) is 0. The minimum atomic E-state index is -0.712. The number of ether oxygens (including phenoxy) is 2. The van der Waals surface area contributed by atoms with E-state index in [2.05, 4.69) is 5.10 Å².